The topological polar surface area (TPSA) is 79.1 Å². The van der Waals surface area contributed by atoms with E-state index in [0.717, 1.165) is 11.3 Å². The van der Waals surface area contributed by atoms with Crippen LogP contribution in [0.15, 0.2) is 82.1 Å². The summed E-state index contributed by atoms with van der Waals surface area (Å²) in [6.07, 6.45) is 1.66. The van der Waals surface area contributed by atoms with E-state index in [9.17, 15) is 14.0 Å². The van der Waals surface area contributed by atoms with Crippen molar-refractivity contribution in [3.63, 3.8) is 0 Å². The number of ether oxygens (including phenoxy) is 3. The van der Waals surface area contributed by atoms with Crippen LogP contribution in [-0.4, -0.2) is 23.9 Å². The third-order valence-electron chi connectivity index (χ3n) is 6.34. The summed E-state index contributed by atoms with van der Waals surface area (Å²) in [4.78, 5) is 32.5. The van der Waals surface area contributed by atoms with Gasteiger partial charge in [0.05, 0.1) is 33.5 Å². The highest BCUT2D eigenvalue weighted by molar-refractivity contribution is 7.07. The Hall–Kier alpha value is -4.21. The molecule has 0 radical (unpaired) electrons. The van der Waals surface area contributed by atoms with Gasteiger partial charge in [-0.25, -0.2) is 14.2 Å². The minimum atomic E-state index is -0.898. The summed E-state index contributed by atoms with van der Waals surface area (Å²) in [6.45, 7) is 1.93. The summed E-state index contributed by atoms with van der Waals surface area (Å²) in [5.74, 6) is 0.0103. The van der Waals surface area contributed by atoms with Gasteiger partial charge in [-0.1, -0.05) is 65.4 Å². The molecule has 2 aliphatic heterocycles. The number of hydrogen-bond acceptors (Lipinski definition) is 7. The Kier molecular flexibility index (Phi) is 6.54. The minimum absolute atomic E-state index is 0.0911. The molecule has 3 heterocycles. The molecule has 0 saturated carbocycles. The fourth-order valence-corrected chi connectivity index (χ4v) is 5.79. The van der Waals surface area contributed by atoms with Crippen molar-refractivity contribution in [2.75, 3.05) is 13.4 Å². The summed E-state index contributed by atoms with van der Waals surface area (Å²) in [5.41, 5.74) is 1.99. The number of nitrogens with zero attached hydrogens (tertiary/aromatic N) is 2. The van der Waals surface area contributed by atoms with E-state index in [4.69, 9.17) is 30.8 Å². The first-order chi connectivity index (χ1) is 18.9. The van der Waals surface area contributed by atoms with Gasteiger partial charge in [0.25, 0.3) is 5.56 Å². The standard InChI is InChI=1S/C29H20ClFN2O5S/c1-2-36-28(35)24-25(16-6-4-3-5-7-16)32-29-33(26(24)17-8-10-19(31)11-9-17)27(34)23(39-29)13-18-12-21-22(14-20(18)30)38-15-37-21/h3-14,26H,2,15H2,1H3/b23-13-/t26-/m0/s1. The van der Waals surface area contributed by atoms with Crippen molar-refractivity contribution in [1.29, 1.82) is 0 Å². The molecule has 3 aromatic carbocycles. The third-order valence-corrected chi connectivity index (χ3v) is 7.65. The van der Waals surface area contributed by atoms with Gasteiger partial charge < -0.3 is 14.2 Å². The highest BCUT2D eigenvalue weighted by atomic mass is 35.5. The molecule has 0 aliphatic carbocycles. The summed E-state index contributed by atoms with van der Waals surface area (Å²) in [6, 6.07) is 17.3. The van der Waals surface area contributed by atoms with Crippen LogP contribution < -0.4 is 24.4 Å². The lowest BCUT2D eigenvalue weighted by molar-refractivity contribution is -0.138. The molecular weight excluding hydrogens is 543 g/mol. The Bertz CT molecular complexity index is 1810. The molecule has 0 spiro atoms. The van der Waals surface area contributed by atoms with Crippen LogP contribution in [-0.2, 0) is 9.53 Å². The molecule has 1 atom stereocenters. The van der Waals surface area contributed by atoms with Crippen molar-refractivity contribution in [2.24, 2.45) is 4.99 Å². The number of halogens is 2. The number of thiazole rings is 1. The van der Waals surface area contributed by atoms with Crippen LogP contribution in [0.4, 0.5) is 4.39 Å². The second kappa shape index (κ2) is 10.2. The van der Waals surface area contributed by atoms with E-state index < -0.39 is 17.8 Å². The van der Waals surface area contributed by atoms with Crippen LogP contribution in [0.5, 0.6) is 11.5 Å². The number of carbonyl (C=O) groups is 1. The van der Waals surface area contributed by atoms with Crippen molar-refractivity contribution in [3.05, 3.63) is 120 Å². The number of fused-ring (bicyclic) bond motifs is 2. The van der Waals surface area contributed by atoms with E-state index in [1.807, 2.05) is 30.3 Å². The lowest BCUT2D eigenvalue weighted by Crippen LogP contribution is -2.40. The van der Waals surface area contributed by atoms with Gasteiger partial charge in [-0.15, -0.1) is 0 Å². The predicted molar refractivity (Wildman–Crippen MR) is 145 cm³/mol. The number of rotatable bonds is 5. The fraction of sp³-hybridized carbons (Fsp3) is 0.138. The highest BCUT2D eigenvalue weighted by Crippen LogP contribution is 2.37. The van der Waals surface area contributed by atoms with Crippen LogP contribution in [0.25, 0.3) is 11.8 Å². The van der Waals surface area contributed by atoms with Crippen LogP contribution in [0.2, 0.25) is 5.02 Å². The fourth-order valence-electron chi connectivity index (χ4n) is 4.59. The van der Waals surface area contributed by atoms with Crippen molar-refractivity contribution in [3.8, 4) is 11.5 Å². The summed E-state index contributed by atoms with van der Waals surface area (Å²) in [7, 11) is 0. The zero-order valence-corrected chi connectivity index (χ0v) is 22.1. The molecule has 4 aromatic rings. The molecule has 0 bridgehead atoms. The predicted octanol–water partition coefficient (Wildman–Crippen LogP) is 4.46. The Morgan fingerprint density at radius 1 is 1.15 bits per heavy atom. The average molecular weight is 563 g/mol. The normalized spacial score (nSPS) is 16.2. The Morgan fingerprint density at radius 3 is 2.59 bits per heavy atom. The molecule has 196 valence electrons. The maximum atomic E-state index is 13.9. The Morgan fingerprint density at radius 2 is 1.87 bits per heavy atom. The Labute approximate surface area is 230 Å². The SMILES string of the molecule is CCOC(=O)C1=C(c2ccccc2)N=c2s/c(=C\c3cc4c(cc3Cl)OCO4)c(=O)n2[C@H]1c1ccc(F)cc1. The van der Waals surface area contributed by atoms with E-state index in [2.05, 4.69) is 0 Å². The van der Waals surface area contributed by atoms with Gasteiger partial charge in [0.1, 0.15) is 5.82 Å². The van der Waals surface area contributed by atoms with Crippen molar-refractivity contribution in [1.82, 2.24) is 4.57 Å². The molecule has 0 unspecified atom stereocenters. The molecule has 7 nitrogen and oxygen atoms in total. The molecular formula is C29H20ClFN2O5S. The van der Waals surface area contributed by atoms with Crippen molar-refractivity contribution < 1.29 is 23.4 Å². The average Bonchev–Trinajstić information content (AvgIpc) is 3.52. The zero-order chi connectivity index (χ0) is 27.1. The number of aromatic nitrogens is 1. The van der Waals surface area contributed by atoms with Gasteiger partial charge in [0, 0.05) is 11.6 Å². The van der Waals surface area contributed by atoms with Gasteiger partial charge in [-0.05, 0) is 42.3 Å². The van der Waals surface area contributed by atoms with E-state index >= 15 is 0 Å². The molecule has 2 aliphatic rings. The van der Waals surface area contributed by atoms with E-state index in [0.29, 0.717) is 48.2 Å². The molecule has 0 amide bonds. The summed E-state index contributed by atoms with van der Waals surface area (Å²) >= 11 is 7.64. The van der Waals surface area contributed by atoms with Crippen LogP contribution in [0.3, 0.4) is 0 Å². The maximum Gasteiger partial charge on any atom is 0.338 e. The second-order valence-corrected chi connectivity index (χ2v) is 10.1. The molecule has 6 rings (SSSR count). The summed E-state index contributed by atoms with van der Waals surface area (Å²) < 4.78 is 32.0. The van der Waals surface area contributed by atoms with Gasteiger partial charge in [0.2, 0.25) is 6.79 Å². The van der Waals surface area contributed by atoms with Gasteiger partial charge in [-0.3, -0.25) is 9.36 Å². The molecule has 1 aromatic heterocycles. The molecule has 0 fully saturated rings. The number of carbonyl (C=O) groups excluding carboxylic acids is 1. The number of esters is 1. The van der Waals surface area contributed by atoms with E-state index in [1.54, 1.807) is 37.3 Å². The first-order valence-electron chi connectivity index (χ1n) is 12.1. The van der Waals surface area contributed by atoms with Gasteiger partial charge >= 0.3 is 5.97 Å². The highest BCUT2D eigenvalue weighted by Gasteiger charge is 2.35. The smallest absolute Gasteiger partial charge is 0.338 e. The molecule has 10 heteroatoms. The molecule has 39 heavy (non-hydrogen) atoms. The minimum Gasteiger partial charge on any atom is -0.463 e. The second-order valence-electron chi connectivity index (χ2n) is 8.71. The van der Waals surface area contributed by atoms with E-state index in [-0.39, 0.29) is 24.5 Å². The lowest BCUT2D eigenvalue weighted by atomic mass is 9.93. The van der Waals surface area contributed by atoms with Crippen LogP contribution in [0, 0.1) is 5.82 Å². The maximum absolute atomic E-state index is 13.9. The first kappa shape index (κ1) is 25.1. The Balaban J connectivity index is 1.63. The lowest BCUT2D eigenvalue weighted by Gasteiger charge is -2.25. The van der Waals surface area contributed by atoms with Crippen LogP contribution >= 0.6 is 22.9 Å². The van der Waals surface area contributed by atoms with Crippen molar-refractivity contribution >= 4 is 40.7 Å². The molecule has 0 saturated heterocycles. The summed E-state index contributed by atoms with van der Waals surface area (Å²) in [5, 5.41) is 0.386. The van der Waals surface area contributed by atoms with Crippen LogP contribution in [0.1, 0.15) is 29.7 Å². The van der Waals surface area contributed by atoms with E-state index in [1.165, 1.54) is 16.7 Å². The monoisotopic (exact) mass is 562 g/mol. The number of hydrogen-bond donors (Lipinski definition) is 0. The quantitative estimate of drug-likeness (QED) is 0.336. The van der Waals surface area contributed by atoms with Crippen molar-refractivity contribution in [2.45, 2.75) is 13.0 Å². The zero-order valence-electron chi connectivity index (χ0n) is 20.5. The molecule has 0 N–H and O–H groups in total. The third kappa shape index (κ3) is 4.53. The number of benzene rings is 3. The van der Waals surface area contributed by atoms with Gasteiger partial charge in [-0.2, -0.15) is 0 Å². The van der Waals surface area contributed by atoms with Gasteiger partial charge in [0.15, 0.2) is 16.3 Å². The largest absolute Gasteiger partial charge is 0.463 e. The first-order valence-corrected chi connectivity index (χ1v) is 13.3.